The van der Waals surface area contributed by atoms with Gasteiger partial charge in [-0.3, -0.25) is 9.78 Å². The summed E-state index contributed by atoms with van der Waals surface area (Å²) in [6, 6.07) is 26.0. The number of aromatic nitrogens is 1. The first kappa shape index (κ1) is 29.3. The normalized spacial score (nSPS) is 16.6. The molecule has 0 N–H and O–H groups in total. The van der Waals surface area contributed by atoms with Gasteiger partial charge in [-0.2, -0.15) is 5.26 Å². The SMILES string of the molecule is C=COc1cccc(CC(=C)Cc2cc(C(=O)N3CCC[C@H]3CN3CCCC3)c3cc(-c4ccc(C#N)cc4)ccc3n2)c1. The first-order valence-electron chi connectivity index (χ1n) is 15.5. The number of nitrogens with zero attached hydrogens (tertiary/aromatic N) is 4. The molecule has 0 radical (unpaired) electrons. The molecule has 3 heterocycles. The van der Waals surface area contributed by atoms with Crippen molar-refractivity contribution in [2.24, 2.45) is 0 Å². The van der Waals surface area contributed by atoms with Crippen LogP contribution in [-0.2, 0) is 12.8 Å². The third-order valence-corrected chi connectivity index (χ3v) is 8.75. The Morgan fingerprint density at radius 3 is 2.55 bits per heavy atom. The maximum absolute atomic E-state index is 14.4. The van der Waals surface area contributed by atoms with Gasteiger partial charge in [-0.1, -0.05) is 49.1 Å². The Bertz CT molecular complexity index is 1730. The molecule has 2 fully saturated rings. The van der Waals surface area contributed by atoms with Gasteiger partial charge in [0.05, 0.1) is 29.0 Å². The summed E-state index contributed by atoms with van der Waals surface area (Å²) in [6.07, 6.45) is 7.23. The summed E-state index contributed by atoms with van der Waals surface area (Å²) >= 11 is 0. The Balaban J connectivity index is 1.33. The van der Waals surface area contributed by atoms with E-state index in [0.29, 0.717) is 24.0 Å². The molecule has 6 rings (SSSR count). The van der Waals surface area contributed by atoms with E-state index in [1.807, 2.05) is 60.7 Å². The number of ether oxygens (including phenoxy) is 1. The van der Waals surface area contributed by atoms with Crippen molar-refractivity contribution < 1.29 is 9.53 Å². The van der Waals surface area contributed by atoms with E-state index in [2.05, 4.69) is 41.2 Å². The standard InChI is InChI=1S/C38H38N4O2/c1-3-44-34-10-6-8-29(22-34)20-27(2)21-32-24-36(38(43)42-19-7-9-33(42)26-41-17-4-5-18-41)35-23-31(15-16-37(35)40-32)30-13-11-28(25-39)12-14-30/h3,6,8,10-16,22-24,33H,1-2,4-5,7,9,17-21,26H2/t33-/m0/s1. The number of likely N-dealkylation sites (tertiary alicyclic amines) is 2. The van der Waals surface area contributed by atoms with Gasteiger partial charge in [0.1, 0.15) is 5.75 Å². The van der Waals surface area contributed by atoms with Crippen LogP contribution in [0.25, 0.3) is 22.0 Å². The van der Waals surface area contributed by atoms with Crippen molar-refractivity contribution in [3.05, 3.63) is 120 Å². The lowest BCUT2D eigenvalue weighted by molar-refractivity contribution is 0.0710. The first-order chi connectivity index (χ1) is 21.5. The van der Waals surface area contributed by atoms with Gasteiger partial charge in [-0.25, -0.2) is 0 Å². The zero-order valence-corrected chi connectivity index (χ0v) is 25.2. The molecule has 6 heteroatoms. The van der Waals surface area contributed by atoms with Gasteiger partial charge in [0.25, 0.3) is 5.91 Å². The fourth-order valence-electron chi connectivity index (χ4n) is 6.61. The second kappa shape index (κ2) is 13.3. The van der Waals surface area contributed by atoms with Crippen LogP contribution in [0.15, 0.2) is 97.8 Å². The fourth-order valence-corrected chi connectivity index (χ4v) is 6.61. The predicted octanol–water partition coefficient (Wildman–Crippen LogP) is 7.34. The summed E-state index contributed by atoms with van der Waals surface area (Å²) in [5, 5.41) is 10.1. The third-order valence-electron chi connectivity index (χ3n) is 8.75. The quantitative estimate of drug-likeness (QED) is 0.145. The number of rotatable bonds is 10. The highest BCUT2D eigenvalue weighted by Gasteiger charge is 2.32. The smallest absolute Gasteiger partial charge is 0.254 e. The number of amides is 1. The largest absolute Gasteiger partial charge is 0.466 e. The van der Waals surface area contributed by atoms with Crippen molar-refractivity contribution in [1.29, 1.82) is 5.26 Å². The molecule has 0 bridgehead atoms. The average molecular weight is 583 g/mol. The first-order valence-corrected chi connectivity index (χ1v) is 15.5. The van der Waals surface area contributed by atoms with E-state index in [4.69, 9.17) is 9.72 Å². The maximum Gasteiger partial charge on any atom is 0.254 e. The van der Waals surface area contributed by atoms with Crippen LogP contribution >= 0.6 is 0 Å². The number of hydrogen-bond acceptors (Lipinski definition) is 5. The van der Waals surface area contributed by atoms with Gasteiger partial charge in [0.2, 0.25) is 0 Å². The molecule has 0 unspecified atom stereocenters. The van der Waals surface area contributed by atoms with E-state index < -0.39 is 0 Å². The van der Waals surface area contributed by atoms with Gasteiger partial charge in [0, 0.05) is 36.6 Å². The second-order valence-corrected chi connectivity index (χ2v) is 11.9. The highest BCUT2D eigenvalue weighted by atomic mass is 16.5. The minimum Gasteiger partial charge on any atom is -0.466 e. The van der Waals surface area contributed by atoms with Crippen LogP contribution < -0.4 is 4.74 Å². The van der Waals surface area contributed by atoms with Crippen molar-refractivity contribution in [3.8, 4) is 22.9 Å². The van der Waals surface area contributed by atoms with Crippen molar-refractivity contribution in [1.82, 2.24) is 14.8 Å². The van der Waals surface area contributed by atoms with Gasteiger partial charge in [-0.05, 0) is 104 Å². The molecule has 1 amide bonds. The molecule has 6 nitrogen and oxygen atoms in total. The molecule has 1 aromatic heterocycles. The molecular weight excluding hydrogens is 544 g/mol. The van der Waals surface area contributed by atoms with Crippen LogP contribution in [0.4, 0.5) is 0 Å². The van der Waals surface area contributed by atoms with E-state index in [-0.39, 0.29) is 11.9 Å². The fraction of sp³-hybridized carbons (Fsp3) is 0.289. The number of allylic oxidation sites excluding steroid dienone is 1. The molecule has 222 valence electrons. The summed E-state index contributed by atoms with van der Waals surface area (Å²) < 4.78 is 5.45. The predicted molar refractivity (Wildman–Crippen MR) is 175 cm³/mol. The van der Waals surface area contributed by atoms with Crippen molar-refractivity contribution >= 4 is 16.8 Å². The van der Waals surface area contributed by atoms with Crippen molar-refractivity contribution in [2.45, 2.75) is 44.6 Å². The molecule has 1 atom stereocenters. The number of nitriles is 1. The maximum atomic E-state index is 14.4. The van der Waals surface area contributed by atoms with Crippen LogP contribution in [0.2, 0.25) is 0 Å². The molecule has 0 spiro atoms. The van der Waals surface area contributed by atoms with Crippen LogP contribution in [0.1, 0.15) is 52.9 Å². The van der Waals surface area contributed by atoms with E-state index in [1.165, 1.54) is 19.1 Å². The number of benzene rings is 3. The van der Waals surface area contributed by atoms with E-state index in [0.717, 1.165) is 83.6 Å². The van der Waals surface area contributed by atoms with Gasteiger partial charge >= 0.3 is 0 Å². The molecule has 0 saturated carbocycles. The average Bonchev–Trinajstić information content (AvgIpc) is 3.73. The highest BCUT2D eigenvalue weighted by Crippen LogP contribution is 2.31. The number of carbonyl (C=O) groups excluding carboxylic acids is 1. The summed E-state index contributed by atoms with van der Waals surface area (Å²) in [7, 11) is 0. The molecule has 2 saturated heterocycles. The highest BCUT2D eigenvalue weighted by molar-refractivity contribution is 6.07. The molecular formula is C38H38N4O2. The Hall–Kier alpha value is -4.73. The zero-order valence-electron chi connectivity index (χ0n) is 25.2. The van der Waals surface area contributed by atoms with Gasteiger partial charge < -0.3 is 14.5 Å². The monoisotopic (exact) mass is 582 g/mol. The number of carbonyl (C=O) groups is 1. The summed E-state index contributed by atoms with van der Waals surface area (Å²) in [5.74, 6) is 0.825. The lowest BCUT2D eigenvalue weighted by Gasteiger charge is -2.29. The molecule has 0 aliphatic carbocycles. The van der Waals surface area contributed by atoms with Gasteiger partial charge in [-0.15, -0.1) is 0 Å². The Morgan fingerprint density at radius 2 is 1.77 bits per heavy atom. The van der Waals surface area contributed by atoms with Crippen LogP contribution in [-0.4, -0.2) is 52.9 Å². The second-order valence-electron chi connectivity index (χ2n) is 11.9. The molecule has 3 aromatic carbocycles. The molecule has 4 aromatic rings. The molecule has 2 aliphatic heterocycles. The minimum absolute atomic E-state index is 0.0808. The van der Waals surface area contributed by atoms with Crippen molar-refractivity contribution in [2.75, 3.05) is 26.2 Å². The van der Waals surface area contributed by atoms with E-state index in [9.17, 15) is 10.1 Å². The Morgan fingerprint density at radius 1 is 0.977 bits per heavy atom. The van der Waals surface area contributed by atoms with E-state index >= 15 is 0 Å². The summed E-state index contributed by atoms with van der Waals surface area (Å²) in [4.78, 5) is 24.0. The molecule has 44 heavy (non-hydrogen) atoms. The Labute approximate surface area is 259 Å². The van der Waals surface area contributed by atoms with Crippen LogP contribution in [0, 0.1) is 11.3 Å². The van der Waals surface area contributed by atoms with Crippen molar-refractivity contribution in [3.63, 3.8) is 0 Å². The number of hydrogen-bond donors (Lipinski definition) is 0. The molecule has 2 aliphatic rings. The topological polar surface area (TPSA) is 69.5 Å². The zero-order chi connectivity index (χ0) is 30.5. The third kappa shape index (κ3) is 6.59. The number of fused-ring (bicyclic) bond motifs is 1. The lowest BCUT2D eigenvalue weighted by Crippen LogP contribution is -2.42. The lowest BCUT2D eigenvalue weighted by atomic mass is 9.97. The Kier molecular flexibility index (Phi) is 8.86. The summed E-state index contributed by atoms with van der Waals surface area (Å²) in [5.41, 5.74) is 7.05. The van der Waals surface area contributed by atoms with Crippen LogP contribution in [0.5, 0.6) is 5.75 Å². The van der Waals surface area contributed by atoms with Crippen LogP contribution in [0.3, 0.4) is 0 Å². The van der Waals surface area contributed by atoms with E-state index in [1.54, 1.807) is 0 Å². The minimum atomic E-state index is 0.0808. The summed E-state index contributed by atoms with van der Waals surface area (Å²) in [6.45, 7) is 12.0. The number of pyridine rings is 1. The van der Waals surface area contributed by atoms with Gasteiger partial charge in [0.15, 0.2) is 0 Å².